The molecule has 0 bridgehead atoms. The Morgan fingerprint density at radius 1 is 1.29 bits per heavy atom. The zero-order valence-electron chi connectivity index (χ0n) is 9.74. The first-order valence-corrected chi connectivity index (χ1v) is 6.19. The predicted octanol–water partition coefficient (Wildman–Crippen LogP) is 2.73. The van der Waals surface area contributed by atoms with Crippen LogP contribution in [0.5, 0.6) is 5.75 Å². The molecule has 2 aliphatic rings. The number of ether oxygens (including phenoxy) is 1. The topological polar surface area (TPSA) is 38.7 Å². The summed E-state index contributed by atoms with van der Waals surface area (Å²) in [6.07, 6.45) is 6.88. The van der Waals surface area contributed by atoms with Crippen LogP contribution in [-0.4, -0.2) is 12.7 Å². The zero-order valence-corrected chi connectivity index (χ0v) is 9.74. The molecule has 0 amide bonds. The summed E-state index contributed by atoms with van der Waals surface area (Å²) in [6, 6.07) is 6.27. The Morgan fingerprint density at radius 2 is 2.12 bits per heavy atom. The van der Waals surface area contributed by atoms with Crippen LogP contribution in [0.1, 0.15) is 36.8 Å². The highest BCUT2D eigenvalue weighted by Gasteiger charge is 2.36. The number of hydrogen-bond acceptors (Lipinski definition) is 3. The smallest absolute Gasteiger partial charge is 0.235 e. The molecule has 0 radical (unpaired) electrons. The molecule has 1 heterocycles. The Kier molecular flexibility index (Phi) is 2.49. The van der Waals surface area contributed by atoms with Gasteiger partial charge in [0.1, 0.15) is 5.75 Å². The first-order valence-electron chi connectivity index (χ1n) is 6.19. The molecular weight excluding hydrogens is 214 g/mol. The first-order chi connectivity index (χ1) is 8.34. The quantitative estimate of drug-likeness (QED) is 0.577. The van der Waals surface area contributed by atoms with Crippen molar-refractivity contribution in [2.45, 2.75) is 37.6 Å². The van der Waals surface area contributed by atoms with Crippen LogP contribution in [0.3, 0.4) is 0 Å². The third-order valence-corrected chi connectivity index (χ3v) is 3.92. The molecule has 0 atom stereocenters. The lowest BCUT2D eigenvalue weighted by atomic mass is 9.88. The van der Waals surface area contributed by atoms with E-state index in [9.17, 15) is 4.79 Å². The lowest BCUT2D eigenvalue weighted by Gasteiger charge is -2.23. The van der Waals surface area contributed by atoms with Crippen LogP contribution in [0.4, 0.5) is 0 Å². The normalized spacial score (nSPS) is 20.5. The molecule has 0 N–H and O–H groups in total. The van der Waals surface area contributed by atoms with Crippen LogP contribution in [0.2, 0.25) is 0 Å². The summed E-state index contributed by atoms with van der Waals surface area (Å²) in [4.78, 5) is 14.7. The number of hydrogen-bond donors (Lipinski definition) is 0. The molecule has 1 saturated carbocycles. The molecule has 3 rings (SSSR count). The molecule has 1 aliphatic carbocycles. The van der Waals surface area contributed by atoms with Crippen LogP contribution in [0, 0.1) is 0 Å². The van der Waals surface area contributed by atoms with Gasteiger partial charge in [0, 0.05) is 6.42 Å². The molecular formula is C14H15NO2. The Morgan fingerprint density at radius 3 is 2.88 bits per heavy atom. The van der Waals surface area contributed by atoms with Gasteiger partial charge in [0.2, 0.25) is 6.08 Å². The molecule has 1 aromatic rings. The van der Waals surface area contributed by atoms with Crippen LogP contribution < -0.4 is 4.74 Å². The van der Waals surface area contributed by atoms with E-state index in [1.54, 1.807) is 6.08 Å². The number of rotatable bonds is 2. The monoisotopic (exact) mass is 229 g/mol. The van der Waals surface area contributed by atoms with Crippen LogP contribution in [0.15, 0.2) is 23.2 Å². The number of carbonyl (C=O) groups excluding carboxylic acids is 1. The maximum atomic E-state index is 10.7. The number of aliphatic imine (C=N–C) groups is 1. The van der Waals surface area contributed by atoms with Crippen molar-refractivity contribution < 1.29 is 9.53 Å². The van der Waals surface area contributed by atoms with E-state index >= 15 is 0 Å². The highest BCUT2D eigenvalue weighted by Crippen LogP contribution is 2.43. The van der Waals surface area contributed by atoms with Crippen molar-refractivity contribution in [3.05, 3.63) is 29.3 Å². The molecule has 0 aromatic heterocycles. The fraction of sp³-hybridized carbons (Fsp3) is 0.500. The van der Waals surface area contributed by atoms with Crippen LogP contribution in [0.25, 0.3) is 0 Å². The van der Waals surface area contributed by atoms with Crippen molar-refractivity contribution in [1.82, 2.24) is 0 Å². The summed E-state index contributed by atoms with van der Waals surface area (Å²) < 4.78 is 5.58. The van der Waals surface area contributed by atoms with E-state index in [1.165, 1.54) is 5.56 Å². The van der Waals surface area contributed by atoms with Gasteiger partial charge in [0.25, 0.3) is 0 Å². The van der Waals surface area contributed by atoms with E-state index in [1.807, 2.05) is 0 Å². The molecule has 1 aliphatic heterocycles. The van der Waals surface area contributed by atoms with Gasteiger partial charge in [-0.25, -0.2) is 4.79 Å². The van der Waals surface area contributed by atoms with Gasteiger partial charge in [0.05, 0.1) is 12.1 Å². The van der Waals surface area contributed by atoms with E-state index in [0.29, 0.717) is 0 Å². The van der Waals surface area contributed by atoms with E-state index in [4.69, 9.17) is 4.74 Å². The van der Waals surface area contributed by atoms with Gasteiger partial charge in [-0.05, 0) is 30.0 Å². The molecule has 17 heavy (non-hydrogen) atoms. The number of fused-ring (bicyclic) bond motifs is 1. The number of isocyanates is 1. The Labute approximate surface area is 101 Å². The van der Waals surface area contributed by atoms with Gasteiger partial charge in [-0.2, -0.15) is 4.99 Å². The third kappa shape index (κ3) is 1.67. The Hall–Kier alpha value is -1.60. The molecule has 0 saturated heterocycles. The molecule has 3 nitrogen and oxygen atoms in total. The minimum atomic E-state index is -0.331. The number of nitrogens with zero attached hydrogens (tertiary/aromatic N) is 1. The number of benzene rings is 1. The summed E-state index contributed by atoms with van der Waals surface area (Å²) in [5.74, 6) is 0.967. The second-order valence-electron chi connectivity index (χ2n) is 4.86. The van der Waals surface area contributed by atoms with Gasteiger partial charge in [-0.15, -0.1) is 0 Å². The maximum Gasteiger partial charge on any atom is 0.235 e. The highest BCUT2D eigenvalue weighted by molar-refractivity contribution is 5.45. The molecule has 1 aromatic carbocycles. The largest absolute Gasteiger partial charge is 0.493 e. The van der Waals surface area contributed by atoms with Crippen molar-refractivity contribution in [3.8, 4) is 5.75 Å². The summed E-state index contributed by atoms with van der Waals surface area (Å²) in [7, 11) is 0. The average molecular weight is 229 g/mol. The van der Waals surface area contributed by atoms with Crippen LogP contribution >= 0.6 is 0 Å². The molecule has 88 valence electrons. The fourth-order valence-electron chi connectivity index (χ4n) is 2.97. The Balaban J connectivity index is 2.04. The fourth-order valence-corrected chi connectivity index (χ4v) is 2.97. The van der Waals surface area contributed by atoms with Crippen molar-refractivity contribution >= 4 is 6.08 Å². The van der Waals surface area contributed by atoms with Crippen molar-refractivity contribution in [2.75, 3.05) is 6.61 Å². The minimum absolute atomic E-state index is 0.331. The average Bonchev–Trinajstić information content (AvgIpc) is 2.96. The molecule has 1 fully saturated rings. The second kappa shape index (κ2) is 4.01. The van der Waals surface area contributed by atoms with E-state index in [2.05, 4.69) is 23.2 Å². The third-order valence-electron chi connectivity index (χ3n) is 3.92. The zero-order chi connectivity index (χ0) is 11.7. The van der Waals surface area contributed by atoms with Crippen LogP contribution in [-0.2, 0) is 16.8 Å². The summed E-state index contributed by atoms with van der Waals surface area (Å²) >= 11 is 0. The highest BCUT2D eigenvalue weighted by atomic mass is 16.5. The van der Waals surface area contributed by atoms with E-state index < -0.39 is 0 Å². The molecule has 0 spiro atoms. The van der Waals surface area contributed by atoms with Crippen molar-refractivity contribution in [2.24, 2.45) is 4.99 Å². The molecule has 3 heteroatoms. The van der Waals surface area contributed by atoms with Gasteiger partial charge in [0.15, 0.2) is 0 Å². The van der Waals surface area contributed by atoms with Gasteiger partial charge in [-0.1, -0.05) is 25.0 Å². The summed E-state index contributed by atoms with van der Waals surface area (Å²) in [6.45, 7) is 0.767. The van der Waals surface area contributed by atoms with Gasteiger partial charge < -0.3 is 4.74 Å². The second-order valence-corrected chi connectivity index (χ2v) is 4.86. The van der Waals surface area contributed by atoms with Crippen molar-refractivity contribution in [1.29, 1.82) is 0 Å². The maximum absolute atomic E-state index is 10.7. The predicted molar refractivity (Wildman–Crippen MR) is 63.9 cm³/mol. The summed E-state index contributed by atoms with van der Waals surface area (Å²) in [5, 5.41) is 0. The minimum Gasteiger partial charge on any atom is -0.493 e. The lowest BCUT2D eigenvalue weighted by Crippen LogP contribution is -2.18. The van der Waals surface area contributed by atoms with E-state index in [0.717, 1.165) is 50.0 Å². The lowest BCUT2D eigenvalue weighted by molar-refractivity contribution is 0.355. The van der Waals surface area contributed by atoms with E-state index in [-0.39, 0.29) is 5.54 Å². The molecule has 0 unspecified atom stereocenters. The van der Waals surface area contributed by atoms with Gasteiger partial charge in [-0.3, -0.25) is 0 Å². The van der Waals surface area contributed by atoms with Crippen molar-refractivity contribution in [3.63, 3.8) is 0 Å². The Bertz CT molecular complexity index is 483. The SMILES string of the molecule is O=C=NC1(c2ccc3c(c2)OCC3)CCCC1. The first kappa shape index (κ1) is 10.5. The summed E-state index contributed by atoms with van der Waals surface area (Å²) in [5.41, 5.74) is 2.04. The van der Waals surface area contributed by atoms with Gasteiger partial charge >= 0.3 is 0 Å². The standard InChI is InChI=1S/C14H15NO2/c16-10-15-14(6-1-2-7-14)12-4-3-11-5-8-17-13(11)9-12/h3-4,9H,1-2,5-8H2.